The third-order valence-electron chi connectivity index (χ3n) is 4.91. The Morgan fingerprint density at radius 3 is 2.40 bits per heavy atom. The normalized spacial score (nSPS) is 14.9. The van der Waals surface area contributed by atoms with Crippen LogP contribution in [0.15, 0.2) is 65.6 Å². The molecule has 2 aromatic carbocycles. The van der Waals surface area contributed by atoms with Crippen molar-refractivity contribution in [1.29, 1.82) is 0 Å². The molecular weight excluding hydrogens is 405 g/mol. The van der Waals surface area contributed by atoms with E-state index in [-0.39, 0.29) is 10.7 Å². The van der Waals surface area contributed by atoms with Crippen molar-refractivity contribution >= 4 is 10.0 Å². The predicted molar refractivity (Wildman–Crippen MR) is 111 cm³/mol. The van der Waals surface area contributed by atoms with E-state index in [1.807, 2.05) is 0 Å². The Balaban J connectivity index is 1.67. The van der Waals surface area contributed by atoms with Crippen LogP contribution in [-0.2, 0) is 23.0 Å². The summed E-state index contributed by atoms with van der Waals surface area (Å²) in [6, 6.07) is 12.5. The van der Waals surface area contributed by atoms with E-state index >= 15 is 0 Å². The minimum atomic E-state index is -3.77. The first-order chi connectivity index (χ1) is 14.4. The van der Waals surface area contributed by atoms with Crippen molar-refractivity contribution in [1.82, 2.24) is 19.7 Å². The maximum absolute atomic E-state index is 13.3. The first-order valence-electron chi connectivity index (χ1n) is 9.58. The largest absolute Gasteiger partial charge is 0.292 e. The second kappa shape index (κ2) is 8.47. The molecule has 0 unspecified atom stereocenters. The van der Waals surface area contributed by atoms with Gasteiger partial charge in [-0.05, 0) is 48.4 Å². The molecule has 0 saturated carbocycles. The number of sulfonamides is 1. The fourth-order valence-electron chi connectivity index (χ4n) is 3.38. The molecule has 9 heteroatoms. The topological polar surface area (TPSA) is 94.1 Å². The second-order valence-electron chi connectivity index (χ2n) is 7.19. The molecule has 1 aromatic heterocycles. The molecule has 0 radical (unpaired) electrons. The third-order valence-corrected chi connectivity index (χ3v) is 5.84. The van der Waals surface area contributed by atoms with E-state index in [0.717, 1.165) is 25.1 Å². The van der Waals surface area contributed by atoms with Crippen molar-refractivity contribution in [2.24, 2.45) is 5.14 Å². The Hall–Kier alpha value is -2.88. The van der Waals surface area contributed by atoms with Crippen molar-refractivity contribution in [3.63, 3.8) is 0 Å². The lowest BCUT2D eigenvalue weighted by Gasteiger charge is -2.20. The van der Waals surface area contributed by atoms with Crippen molar-refractivity contribution in [3.05, 3.63) is 83.7 Å². The maximum Gasteiger partial charge on any atom is 0.238 e. The fourth-order valence-corrected chi connectivity index (χ4v) is 3.89. The predicted octanol–water partition coefficient (Wildman–Crippen LogP) is 2.41. The average molecular weight is 428 g/mol. The molecule has 30 heavy (non-hydrogen) atoms. The zero-order valence-corrected chi connectivity index (χ0v) is 17.1. The van der Waals surface area contributed by atoms with Gasteiger partial charge in [0.15, 0.2) is 5.82 Å². The number of hydrogen-bond donors (Lipinski definition) is 1. The highest BCUT2D eigenvalue weighted by atomic mass is 32.2. The van der Waals surface area contributed by atoms with Crippen LogP contribution in [0.25, 0.3) is 5.69 Å². The van der Waals surface area contributed by atoms with Gasteiger partial charge in [-0.3, -0.25) is 4.90 Å². The Kier molecular flexibility index (Phi) is 5.76. The number of nitrogens with two attached hydrogens (primary N) is 1. The SMILES string of the molecule is NS(=O)(=O)c1ccc(-n2nc(CN3CC=CCC3)nc2Cc2ccc(F)cc2)cc1. The van der Waals surface area contributed by atoms with E-state index in [0.29, 0.717) is 30.3 Å². The highest BCUT2D eigenvalue weighted by molar-refractivity contribution is 7.89. The summed E-state index contributed by atoms with van der Waals surface area (Å²) in [5, 5.41) is 9.86. The Morgan fingerprint density at radius 1 is 1.03 bits per heavy atom. The first kappa shape index (κ1) is 20.4. The van der Waals surface area contributed by atoms with Crippen molar-refractivity contribution in [2.75, 3.05) is 13.1 Å². The molecule has 0 fully saturated rings. The molecule has 0 bridgehead atoms. The maximum atomic E-state index is 13.3. The Labute approximate surface area is 174 Å². The van der Waals surface area contributed by atoms with Crippen molar-refractivity contribution < 1.29 is 12.8 Å². The van der Waals surface area contributed by atoms with Crippen LogP contribution in [0.5, 0.6) is 0 Å². The lowest BCUT2D eigenvalue weighted by Crippen LogP contribution is -2.27. The summed E-state index contributed by atoms with van der Waals surface area (Å²) >= 11 is 0. The molecule has 3 aromatic rings. The Morgan fingerprint density at radius 2 is 1.77 bits per heavy atom. The minimum Gasteiger partial charge on any atom is -0.292 e. The molecule has 4 rings (SSSR count). The van der Waals surface area contributed by atoms with Crippen LogP contribution in [0.3, 0.4) is 0 Å². The Bertz CT molecular complexity index is 1160. The van der Waals surface area contributed by atoms with E-state index in [9.17, 15) is 12.8 Å². The number of benzene rings is 2. The van der Waals surface area contributed by atoms with Gasteiger partial charge in [0.1, 0.15) is 11.6 Å². The van der Waals surface area contributed by atoms with Crippen LogP contribution in [0.4, 0.5) is 4.39 Å². The minimum absolute atomic E-state index is 0.0341. The highest BCUT2D eigenvalue weighted by Crippen LogP contribution is 2.18. The van der Waals surface area contributed by atoms with Crippen molar-refractivity contribution in [2.45, 2.75) is 24.3 Å². The molecule has 2 heterocycles. The summed E-state index contributed by atoms with van der Waals surface area (Å²) in [7, 11) is -3.77. The van der Waals surface area contributed by atoms with Gasteiger partial charge in [-0.25, -0.2) is 27.6 Å². The van der Waals surface area contributed by atoms with E-state index in [2.05, 4.69) is 22.2 Å². The fraction of sp³-hybridized carbons (Fsp3) is 0.238. The quantitative estimate of drug-likeness (QED) is 0.610. The van der Waals surface area contributed by atoms with Gasteiger partial charge in [-0.15, -0.1) is 5.10 Å². The average Bonchev–Trinajstić information content (AvgIpc) is 3.12. The monoisotopic (exact) mass is 427 g/mol. The van der Waals surface area contributed by atoms with Gasteiger partial charge in [0.25, 0.3) is 0 Å². The number of nitrogens with zero attached hydrogens (tertiary/aromatic N) is 4. The number of halogens is 1. The number of aromatic nitrogens is 3. The molecule has 0 spiro atoms. The molecule has 0 aliphatic carbocycles. The molecule has 1 aliphatic rings. The number of rotatable bonds is 6. The van der Waals surface area contributed by atoms with Gasteiger partial charge >= 0.3 is 0 Å². The number of hydrogen-bond acceptors (Lipinski definition) is 5. The molecule has 0 atom stereocenters. The molecule has 0 saturated heterocycles. The van der Waals surface area contributed by atoms with Gasteiger partial charge < -0.3 is 0 Å². The lowest BCUT2D eigenvalue weighted by atomic mass is 10.1. The second-order valence-corrected chi connectivity index (χ2v) is 8.75. The molecular formula is C21H22FN5O2S. The first-order valence-corrected chi connectivity index (χ1v) is 11.1. The highest BCUT2D eigenvalue weighted by Gasteiger charge is 2.16. The van der Waals surface area contributed by atoms with Gasteiger partial charge in [0, 0.05) is 19.5 Å². The summed E-state index contributed by atoms with van der Waals surface area (Å²) in [5.41, 5.74) is 1.58. The van der Waals surface area contributed by atoms with E-state index in [1.54, 1.807) is 28.9 Å². The molecule has 2 N–H and O–H groups in total. The van der Waals surface area contributed by atoms with Gasteiger partial charge in [0.05, 0.1) is 17.1 Å². The van der Waals surface area contributed by atoms with E-state index in [1.165, 1.54) is 24.3 Å². The summed E-state index contributed by atoms with van der Waals surface area (Å²) in [4.78, 5) is 7.01. The summed E-state index contributed by atoms with van der Waals surface area (Å²) < 4.78 is 38.1. The van der Waals surface area contributed by atoms with E-state index < -0.39 is 10.0 Å². The molecule has 7 nitrogen and oxygen atoms in total. The zero-order chi connectivity index (χ0) is 21.1. The van der Waals surface area contributed by atoms with Crippen LogP contribution < -0.4 is 5.14 Å². The summed E-state index contributed by atoms with van der Waals surface area (Å²) in [6.45, 7) is 2.41. The van der Waals surface area contributed by atoms with Crippen LogP contribution in [0, 0.1) is 5.82 Å². The smallest absolute Gasteiger partial charge is 0.238 e. The zero-order valence-electron chi connectivity index (χ0n) is 16.3. The van der Waals surface area contributed by atoms with Crippen LogP contribution >= 0.6 is 0 Å². The van der Waals surface area contributed by atoms with Gasteiger partial charge in [0.2, 0.25) is 10.0 Å². The van der Waals surface area contributed by atoms with Crippen LogP contribution in [-0.4, -0.2) is 41.2 Å². The summed E-state index contributed by atoms with van der Waals surface area (Å²) in [6.07, 6.45) is 5.75. The van der Waals surface area contributed by atoms with E-state index in [4.69, 9.17) is 10.1 Å². The third kappa shape index (κ3) is 4.81. The van der Waals surface area contributed by atoms with Crippen LogP contribution in [0.1, 0.15) is 23.6 Å². The number of primary sulfonamides is 1. The van der Waals surface area contributed by atoms with Gasteiger partial charge in [-0.1, -0.05) is 24.3 Å². The summed E-state index contributed by atoms with van der Waals surface area (Å²) in [5.74, 6) is 1.07. The van der Waals surface area contributed by atoms with Crippen molar-refractivity contribution in [3.8, 4) is 5.69 Å². The standard InChI is InChI=1S/C21H22FN5O2S/c22-17-6-4-16(5-7-17)14-21-24-20(15-26-12-2-1-3-13-26)25-27(21)18-8-10-19(11-9-18)30(23,28)29/h1-2,4-11H,3,12-15H2,(H2,23,28,29). The lowest BCUT2D eigenvalue weighted by molar-refractivity contribution is 0.283. The molecule has 1 aliphatic heterocycles. The molecule has 0 amide bonds. The molecule has 156 valence electrons. The van der Waals surface area contributed by atoms with Crippen LogP contribution in [0.2, 0.25) is 0 Å². The van der Waals surface area contributed by atoms with Gasteiger partial charge in [-0.2, -0.15) is 0 Å².